The van der Waals surface area contributed by atoms with Crippen LogP contribution in [0.5, 0.6) is 11.5 Å². The van der Waals surface area contributed by atoms with E-state index < -0.39 is 10.0 Å². The van der Waals surface area contributed by atoms with E-state index in [1.807, 2.05) is 28.9 Å². The monoisotopic (exact) mass is 414 g/mol. The first-order valence-electron chi connectivity index (χ1n) is 9.65. The highest BCUT2D eigenvalue weighted by Crippen LogP contribution is 2.33. The summed E-state index contributed by atoms with van der Waals surface area (Å²) in [7, 11) is -3.56. The topological polar surface area (TPSA) is 76.4 Å². The van der Waals surface area contributed by atoms with Crippen LogP contribution in [0.4, 0.5) is 0 Å². The Morgan fingerprint density at radius 3 is 2.52 bits per heavy atom. The summed E-state index contributed by atoms with van der Waals surface area (Å²) in [6, 6.07) is 12.8. The van der Waals surface area contributed by atoms with Crippen LogP contribution in [0.1, 0.15) is 5.69 Å². The first-order valence-corrected chi connectivity index (χ1v) is 11.1. The van der Waals surface area contributed by atoms with Gasteiger partial charge in [-0.15, -0.1) is 0 Å². The van der Waals surface area contributed by atoms with Crippen molar-refractivity contribution in [3.8, 4) is 11.5 Å². The average molecular weight is 414 g/mol. The third-order valence-corrected chi connectivity index (χ3v) is 7.18. The smallest absolute Gasteiger partial charge is 0.243 e. The second-order valence-corrected chi connectivity index (χ2v) is 9.13. The standard InChI is InChI=1S/C20H22N4O4S/c25-29(26,18-4-5-19-20(14-18)28-12-11-27-19)23-9-7-22(8-10-23)15-16-13-17-3-1-2-6-24(17)21-16/h1-6,13-14H,7-12,15H2. The second kappa shape index (κ2) is 7.33. The Morgan fingerprint density at radius 1 is 0.931 bits per heavy atom. The molecule has 0 atom stereocenters. The molecule has 0 N–H and O–H groups in total. The third kappa shape index (κ3) is 3.57. The molecule has 0 saturated carbocycles. The lowest BCUT2D eigenvalue weighted by Gasteiger charge is -2.33. The normalized spacial score (nSPS) is 18.2. The molecule has 0 amide bonds. The molecule has 2 aliphatic heterocycles. The molecule has 1 saturated heterocycles. The Morgan fingerprint density at radius 2 is 1.72 bits per heavy atom. The van der Waals surface area contributed by atoms with E-state index in [4.69, 9.17) is 9.47 Å². The van der Waals surface area contributed by atoms with Crippen LogP contribution in [0.3, 0.4) is 0 Å². The number of fused-ring (bicyclic) bond motifs is 2. The minimum Gasteiger partial charge on any atom is -0.486 e. The van der Waals surface area contributed by atoms with Crippen molar-refractivity contribution in [3.05, 3.63) is 54.4 Å². The van der Waals surface area contributed by atoms with E-state index in [2.05, 4.69) is 16.1 Å². The van der Waals surface area contributed by atoms with Crippen LogP contribution in [0.25, 0.3) is 5.52 Å². The van der Waals surface area contributed by atoms with Crippen LogP contribution < -0.4 is 9.47 Å². The number of rotatable bonds is 4. The predicted molar refractivity (Wildman–Crippen MR) is 107 cm³/mol. The van der Waals surface area contributed by atoms with Gasteiger partial charge in [-0.25, -0.2) is 12.9 Å². The van der Waals surface area contributed by atoms with Gasteiger partial charge in [-0.05, 0) is 30.3 Å². The number of hydrogen-bond acceptors (Lipinski definition) is 6. The minimum atomic E-state index is -3.56. The zero-order chi connectivity index (χ0) is 19.8. The molecule has 4 heterocycles. The summed E-state index contributed by atoms with van der Waals surface area (Å²) in [4.78, 5) is 2.48. The number of piperazine rings is 1. The molecule has 0 aliphatic carbocycles. The van der Waals surface area contributed by atoms with Gasteiger partial charge in [-0.2, -0.15) is 9.40 Å². The molecule has 3 aromatic rings. The van der Waals surface area contributed by atoms with Crippen LogP contribution in [-0.4, -0.2) is 66.6 Å². The number of hydrogen-bond donors (Lipinski definition) is 0. The summed E-state index contributed by atoms with van der Waals surface area (Å²) in [6.45, 7) is 3.84. The van der Waals surface area contributed by atoms with E-state index in [0.717, 1.165) is 11.2 Å². The molecule has 152 valence electrons. The fourth-order valence-corrected chi connectivity index (χ4v) is 5.20. The molecule has 1 aromatic carbocycles. The maximum atomic E-state index is 13.1. The molecule has 0 bridgehead atoms. The lowest BCUT2D eigenvalue weighted by molar-refractivity contribution is 0.170. The van der Waals surface area contributed by atoms with Crippen molar-refractivity contribution in [1.82, 2.24) is 18.8 Å². The van der Waals surface area contributed by atoms with Crippen LogP contribution >= 0.6 is 0 Å². The summed E-state index contributed by atoms with van der Waals surface area (Å²) in [5, 5.41) is 4.58. The molecule has 0 unspecified atom stereocenters. The Kier molecular flexibility index (Phi) is 4.65. The molecule has 0 radical (unpaired) electrons. The van der Waals surface area contributed by atoms with E-state index in [-0.39, 0.29) is 4.90 Å². The number of nitrogens with zero attached hydrogens (tertiary/aromatic N) is 4. The lowest BCUT2D eigenvalue weighted by atomic mass is 10.3. The van der Waals surface area contributed by atoms with Gasteiger partial charge in [0.1, 0.15) is 13.2 Å². The summed E-state index contributed by atoms with van der Waals surface area (Å²) in [5.41, 5.74) is 2.04. The number of pyridine rings is 1. The highest BCUT2D eigenvalue weighted by atomic mass is 32.2. The fraction of sp³-hybridized carbons (Fsp3) is 0.350. The second-order valence-electron chi connectivity index (χ2n) is 7.19. The van der Waals surface area contributed by atoms with Crippen LogP contribution in [-0.2, 0) is 16.6 Å². The summed E-state index contributed by atoms with van der Waals surface area (Å²) >= 11 is 0. The number of sulfonamides is 1. The van der Waals surface area contributed by atoms with Crippen LogP contribution in [0, 0.1) is 0 Å². The Balaban J connectivity index is 1.26. The van der Waals surface area contributed by atoms with Crippen molar-refractivity contribution in [2.24, 2.45) is 0 Å². The van der Waals surface area contributed by atoms with Crippen molar-refractivity contribution in [3.63, 3.8) is 0 Å². The molecule has 1 fully saturated rings. The van der Waals surface area contributed by atoms with Gasteiger partial charge in [-0.3, -0.25) is 4.90 Å². The predicted octanol–water partition coefficient (Wildman–Crippen LogP) is 1.61. The maximum absolute atomic E-state index is 13.1. The van der Waals surface area contributed by atoms with Gasteiger partial charge in [0, 0.05) is 45.0 Å². The third-order valence-electron chi connectivity index (χ3n) is 5.29. The van der Waals surface area contributed by atoms with Crippen molar-refractivity contribution < 1.29 is 17.9 Å². The maximum Gasteiger partial charge on any atom is 0.243 e. The zero-order valence-corrected chi connectivity index (χ0v) is 16.7. The van der Waals surface area contributed by atoms with Gasteiger partial charge in [0.2, 0.25) is 10.0 Å². The van der Waals surface area contributed by atoms with Crippen molar-refractivity contribution in [1.29, 1.82) is 0 Å². The van der Waals surface area contributed by atoms with E-state index >= 15 is 0 Å². The van der Waals surface area contributed by atoms with Gasteiger partial charge in [0.25, 0.3) is 0 Å². The Labute approximate surface area is 169 Å². The number of aromatic nitrogens is 2. The number of benzene rings is 1. The molecule has 29 heavy (non-hydrogen) atoms. The van der Waals surface area contributed by atoms with E-state index in [0.29, 0.717) is 57.4 Å². The Bertz CT molecular complexity index is 1100. The summed E-state index contributed by atoms with van der Waals surface area (Å²) in [5.74, 6) is 1.08. The molecular formula is C20H22N4O4S. The molecular weight excluding hydrogens is 392 g/mol. The fourth-order valence-electron chi connectivity index (χ4n) is 3.76. The molecule has 5 rings (SSSR count). The zero-order valence-electron chi connectivity index (χ0n) is 15.9. The van der Waals surface area contributed by atoms with Crippen molar-refractivity contribution in [2.45, 2.75) is 11.4 Å². The van der Waals surface area contributed by atoms with Gasteiger partial charge in [0.15, 0.2) is 11.5 Å². The highest BCUT2D eigenvalue weighted by molar-refractivity contribution is 7.89. The van der Waals surface area contributed by atoms with E-state index in [1.54, 1.807) is 22.5 Å². The minimum absolute atomic E-state index is 0.246. The molecule has 0 spiro atoms. The molecule has 2 aromatic heterocycles. The lowest BCUT2D eigenvalue weighted by Crippen LogP contribution is -2.48. The molecule has 2 aliphatic rings. The molecule has 8 nitrogen and oxygen atoms in total. The van der Waals surface area contributed by atoms with Gasteiger partial charge < -0.3 is 9.47 Å². The average Bonchev–Trinajstić information content (AvgIpc) is 3.16. The van der Waals surface area contributed by atoms with Gasteiger partial charge >= 0.3 is 0 Å². The van der Waals surface area contributed by atoms with Crippen LogP contribution in [0.15, 0.2) is 53.6 Å². The van der Waals surface area contributed by atoms with Gasteiger partial charge in [-0.1, -0.05) is 6.07 Å². The quantitative estimate of drug-likeness (QED) is 0.646. The van der Waals surface area contributed by atoms with E-state index in [9.17, 15) is 8.42 Å². The Hall–Kier alpha value is -2.62. The first kappa shape index (κ1) is 18.4. The van der Waals surface area contributed by atoms with Crippen molar-refractivity contribution in [2.75, 3.05) is 39.4 Å². The summed E-state index contributed by atoms with van der Waals surface area (Å²) < 4.78 is 40.5. The SMILES string of the molecule is O=S(=O)(c1ccc2c(c1)OCCO2)N1CCN(Cc2cc3ccccn3n2)CC1. The van der Waals surface area contributed by atoms with Gasteiger partial charge in [0.05, 0.1) is 16.1 Å². The van der Waals surface area contributed by atoms with Crippen LogP contribution in [0.2, 0.25) is 0 Å². The first-order chi connectivity index (χ1) is 14.1. The summed E-state index contributed by atoms with van der Waals surface area (Å²) in [6.07, 6.45) is 1.93. The van der Waals surface area contributed by atoms with Crippen molar-refractivity contribution >= 4 is 15.5 Å². The largest absolute Gasteiger partial charge is 0.486 e. The van der Waals surface area contributed by atoms with E-state index in [1.165, 1.54) is 0 Å². The number of ether oxygens (including phenoxy) is 2. The highest BCUT2D eigenvalue weighted by Gasteiger charge is 2.30. The molecule has 9 heteroatoms.